The predicted octanol–water partition coefficient (Wildman–Crippen LogP) is 4.62. The van der Waals surface area contributed by atoms with E-state index >= 15 is 0 Å². The molecule has 1 N–H and O–H groups in total. The van der Waals surface area contributed by atoms with E-state index in [1.807, 2.05) is 49.4 Å². The summed E-state index contributed by atoms with van der Waals surface area (Å²) >= 11 is 1.80. The first-order valence-electron chi connectivity index (χ1n) is 7.75. The third-order valence-corrected chi connectivity index (χ3v) is 4.75. The lowest BCUT2D eigenvalue weighted by Crippen LogP contribution is -2.41. The summed E-state index contributed by atoms with van der Waals surface area (Å²) < 4.78 is 5.58. The molecule has 0 aliphatic carbocycles. The lowest BCUT2D eigenvalue weighted by molar-refractivity contribution is 0.256. The number of urea groups is 1. The SMILES string of the molecule is CCOc1ccccc1NC(=O)N1C[C@@H](C)Sc2ccccc21. The van der Waals surface area contributed by atoms with Crippen molar-refractivity contribution in [3.63, 3.8) is 0 Å². The van der Waals surface area contributed by atoms with Gasteiger partial charge in [-0.3, -0.25) is 4.90 Å². The summed E-state index contributed by atoms with van der Waals surface area (Å²) in [5.74, 6) is 0.691. The van der Waals surface area contributed by atoms with Gasteiger partial charge in [0, 0.05) is 16.7 Å². The number of thioether (sulfide) groups is 1. The van der Waals surface area contributed by atoms with Crippen LogP contribution in [0.25, 0.3) is 0 Å². The molecule has 2 aromatic carbocycles. The highest BCUT2D eigenvalue weighted by atomic mass is 32.2. The van der Waals surface area contributed by atoms with Gasteiger partial charge in [-0.15, -0.1) is 11.8 Å². The van der Waals surface area contributed by atoms with Crippen molar-refractivity contribution >= 4 is 29.2 Å². The first-order chi connectivity index (χ1) is 11.2. The lowest BCUT2D eigenvalue weighted by atomic mass is 10.2. The minimum Gasteiger partial charge on any atom is -0.492 e. The monoisotopic (exact) mass is 328 g/mol. The Bertz CT molecular complexity index is 705. The van der Waals surface area contributed by atoms with Crippen LogP contribution in [0.4, 0.5) is 16.2 Å². The normalized spacial score (nSPS) is 16.6. The second-order valence-electron chi connectivity index (χ2n) is 5.37. The van der Waals surface area contributed by atoms with Crippen LogP contribution in [-0.2, 0) is 0 Å². The standard InChI is InChI=1S/C18H20N2O2S/c1-3-22-16-10-6-4-8-14(16)19-18(21)20-12-13(2)23-17-11-7-5-9-15(17)20/h4-11,13H,3,12H2,1-2H3,(H,19,21)/t13-/m1/s1. The summed E-state index contributed by atoms with van der Waals surface area (Å²) in [7, 11) is 0. The van der Waals surface area contributed by atoms with E-state index in [0.717, 1.165) is 10.6 Å². The number of fused-ring (bicyclic) bond motifs is 1. The Kier molecular flexibility index (Phi) is 4.76. The molecule has 4 nitrogen and oxygen atoms in total. The topological polar surface area (TPSA) is 41.6 Å². The summed E-state index contributed by atoms with van der Waals surface area (Å²) in [6, 6.07) is 15.4. The van der Waals surface area contributed by atoms with Crippen molar-refractivity contribution in [3.8, 4) is 5.75 Å². The lowest BCUT2D eigenvalue weighted by Gasteiger charge is -2.32. The van der Waals surface area contributed by atoms with Crippen molar-refractivity contribution in [1.29, 1.82) is 0 Å². The molecule has 0 aromatic heterocycles. The van der Waals surface area contributed by atoms with Gasteiger partial charge in [0.2, 0.25) is 0 Å². The average molecular weight is 328 g/mol. The van der Waals surface area contributed by atoms with Crippen LogP contribution in [-0.4, -0.2) is 24.4 Å². The highest BCUT2D eigenvalue weighted by Gasteiger charge is 2.27. The molecule has 0 saturated heterocycles. The molecule has 0 saturated carbocycles. The average Bonchev–Trinajstić information content (AvgIpc) is 2.56. The zero-order valence-electron chi connectivity index (χ0n) is 13.3. The third kappa shape index (κ3) is 3.45. The minimum atomic E-state index is -0.128. The third-order valence-electron chi connectivity index (χ3n) is 3.60. The van der Waals surface area contributed by atoms with Gasteiger partial charge in [-0.25, -0.2) is 4.79 Å². The number of anilines is 2. The molecule has 1 atom stereocenters. The molecule has 5 heteroatoms. The molecule has 3 rings (SSSR count). The fourth-order valence-electron chi connectivity index (χ4n) is 2.62. The van der Waals surface area contributed by atoms with E-state index in [2.05, 4.69) is 18.3 Å². The fraction of sp³-hybridized carbons (Fsp3) is 0.278. The van der Waals surface area contributed by atoms with Gasteiger partial charge in [-0.05, 0) is 31.2 Å². The number of hydrogen-bond donors (Lipinski definition) is 1. The quantitative estimate of drug-likeness (QED) is 0.894. The van der Waals surface area contributed by atoms with Gasteiger partial charge in [0.05, 0.1) is 18.0 Å². The van der Waals surface area contributed by atoms with Crippen molar-refractivity contribution < 1.29 is 9.53 Å². The van der Waals surface area contributed by atoms with E-state index in [1.165, 1.54) is 0 Å². The van der Waals surface area contributed by atoms with Crippen molar-refractivity contribution in [2.75, 3.05) is 23.4 Å². The maximum atomic E-state index is 12.8. The summed E-state index contributed by atoms with van der Waals surface area (Å²) in [6.45, 7) is 5.31. The molecule has 0 radical (unpaired) electrons. The van der Waals surface area contributed by atoms with Gasteiger partial charge in [-0.2, -0.15) is 0 Å². The highest BCUT2D eigenvalue weighted by molar-refractivity contribution is 8.00. The van der Waals surface area contributed by atoms with Gasteiger partial charge in [0.25, 0.3) is 0 Å². The zero-order chi connectivity index (χ0) is 16.2. The Morgan fingerprint density at radius 2 is 2.00 bits per heavy atom. The van der Waals surface area contributed by atoms with Gasteiger partial charge in [-0.1, -0.05) is 31.2 Å². The van der Waals surface area contributed by atoms with Crippen molar-refractivity contribution in [3.05, 3.63) is 48.5 Å². The molecule has 0 fully saturated rings. The van der Waals surface area contributed by atoms with E-state index in [4.69, 9.17) is 4.74 Å². The number of carbonyl (C=O) groups excluding carboxylic acids is 1. The number of amides is 2. The molecule has 2 amide bonds. The molecule has 0 unspecified atom stereocenters. The van der Waals surface area contributed by atoms with Crippen LogP contribution >= 0.6 is 11.8 Å². The maximum absolute atomic E-state index is 12.8. The van der Waals surface area contributed by atoms with Crippen LogP contribution in [0.15, 0.2) is 53.4 Å². The number of rotatable bonds is 3. The van der Waals surface area contributed by atoms with Crippen molar-refractivity contribution in [2.45, 2.75) is 24.0 Å². The van der Waals surface area contributed by atoms with Gasteiger partial charge >= 0.3 is 6.03 Å². The molecule has 2 aromatic rings. The van der Waals surface area contributed by atoms with E-state index < -0.39 is 0 Å². The molecule has 0 spiro atoms. The Labute approximate surface area is 140 Å². The van der Waals surface area contributed by atoms with E-state index in [0.29, 0.717) is 29.8 Å². The number of carbonyl (C=O) groups is 1. The maximum Gasteiger partial charge on any atom is 0.326 e. The number of nitrogens with zero attached hydrogens (tertiary/aromatic N) is 1. The molecule has 23 heavy (non-hydrogen) atoms. The summed E-state index contributed by atoms with van der Waals surface area (Å²) in [4.78, 5) is 15.7. The number of benzene rings is 2. The minimum absolute atomic E-state index is 0.128. The first-order valence-corrected chi connectivity index (χ1v) is 8.63. The van der Waals surface area contributed by atoms with E-state index in [-0.39, 0.29) is 6.03 Å². The number of ether oxygens (including phenoxy) is 1. The van der Waals surface area contributed by atoms with Gasteiger partial charge in [0.1, 0.15) is 5.75 Å². The Morgan fingerprint density at radius 1 is 1.26 bits per heavy atom. The van der Waals surface area contributed by atoms with Gasteiger partial charge in [0.15, 0.2) is 0 Å². The second kappa shape index (κ2) is 6.96. The van der Waals surface area contributed by atoms with E-state index in [1.54, 1.807) is 16.7 Å². The smallest absolute Gasteiger partial charge is 0.326 e. The van der Waals surface area contributed by atoms with E-state index in [9.17, 15) is 4.79 Å². The van der Waals surface area contributed by atoms with Crippen LogP contribution in [0, 0.1) is 0 Å². The second-order valence-corrected chi connectivity index (χ2v) is 6.85. The molecular weight excluding hydrogens is 308 g/mol. The highest BCUT2D eigenvalue weighted by Crippen LogP contribution is 2.38. The van der Waals surface area contributed by atoms with Crippen LogP contribution in [0.3, 0.4) is 0 Å². The number of hydrogen-bond acceptors (Lipinski definition) is 3. The molecule has 1 heterocycles. The van der Waals surface area contributed by atoms with Crippen LogP contribution < -0.4 is 15.0 Å². The molecule has 1 aliphatic heterocycles. The zero-order valence-corrected chi connectivity index (χ0v) is 14.1. The largest absolute Gasteiger partial charge is 0.492 e. The van der Waals surface area contributed by atoms with Gasteiger partial charge < -0.3 is 10.1 Å². The Hall–Kier alpha value is -2.14. The molecule has 120 valence electrons. The van der Waals surface area contributed by atoms with Crippen LogP contribution in [0.1, 0.15) is 13.8 Å². The molecular formula is C18H20N2O2S. The molecule has 1 aliphatic rings. The summed E-state index contributed by atoms with van der Waals surface area (Å²) in [5.41, 5.74) is 1.66. The predicted molar refractivity (Wildman–Crippen MR) is 95.7 cm³/mol. The van der Waals surface area contributed by atoms with Crippen LogP contribution in [0.2, 0.25) is 0 Å². The Balaban J connectivity index is 1.84. The number of para-hydroxylation sites is 3. The summed E-state index contributed by atoms with van der Waals surface area (Å²) in [5, 5.41) is 3.34. The molecule has 0 bridgehead atoms. The van der Waals surface area contributed by atoms with Crippen molar-refractivity contribution in [1.82, 2.24) is 0 Å². The summed E-state index contributed by atoms with van der Waals surface area (Å²) in [6.07, 6.45) is 0. The number of nitrogens with one attached hydrogen (secondary N) is 1. The van der Waals surface area contributed by atoms with Crippen molar-refractivity contribution in [2.24, 2.45) is 0 Å². The fourth-order valence-corrected chi connectivity index (χ4v) is 3.73. The van der Waals surface area contributed by atoms with Crippen LogP contribution in [0.5, 0.6) is 5.75 Å². The Morgan fingerprint density at radius 3 is 2.83 bits per heavy atom. The first kappa shape index (κ1) is 15.7.